The average Bonchev–Trinajstić information content (AvgIpc) is 3.33. The summed E-state index contributed by atoms with van der Waals surface area (Å²) in [5, 5.41) is 8.62. The standard InChI is InChI=1S/C28H33N3O2/c1-32-27-7-3-2-6-24(27)18-26-12-13-28(30-29-26)33-20-22-16-25(17-22)23-10-8-21(9-11-23)19-31-14-4-5-15-31/h2-3,6-13,22,25H,4-5,14-20H2,1H3. The van der Waals surface area contributed by atoms with Crippen molar-refractivity contribution in [3.05, 3.63) is 83.0 Å². The van der Waals surface area contributed by atoms with Crippen LogP contribution in [0.3, 0.4) is 0 Å². The fourth-order valence-corrected chi connectivity index (χ4v) is 5.00. The van der Waals surface area contributed by atoms with E-state index < -0.39 is 0 Å². The first-order valence-corrected chi connectivity index (χ1v) is 12.2. The SMILES string of the molecule is COc1ccccc1Cc1ccc(OCC2CC(c3ccc(CN4CCCC4)cc3)C2)nn1. The summed E-state index contributed by atoms with van der Waals surface area (Å²) in [7, 11) is 1.69. The first-order valence-electron chi connectivity index (χ1n) is 12.2. The molecule has 0 atom stereocenters. The van der Waals surface area contributed by atoms with Crippen molar-refractivity contribution in [2.45, 2.75) is 44.6 Å². The Morgan fingerprint density at radius 3 is 2.42 bits per heavy atom. The van der Waals surface area contributed by atoms with Gasteiger partial charge < -0.3 is 9.47 Å². The van der Waals surface area contributed by atoms with Crippen LogP contribution in [0.4, 0.5) is 0 Å². The predicted octanol–water partition coefficient (Wildman–Crippen LogP) is 5.24. The second-order valence-corrected chi connectivity index (χ2v) is 9.42. The monoisotopic (exact) mass is 443 g/mol. The van der Waals surface area contributed by atoms with Gasteiger partial charge in [0.25, 0.3) is 0 Å². The minimum Gasteiger partial charge on any atom is -0.496 e. The molecule has 5 nitrogen and oxygen atoms in total. The molecule has 1 aliphatic heterocycles. The van der Waals surface area contributed by atoms with Gasteiger partial charge in [0.05, 0.1) is 19.4 Å². The van der Waals surface area contributed by atoms with Gasteiger partial charge in [-0.3, -0.25) is 4.90 Å². The summed E-state index contributed by atoms with van der Waals surface area (Å²) < 4.78 is 11.4. The van der Waals surface area contributed by atoms with E-state index in [2.05, 4.69) is 45.4 Å². The Labute approximate surface area is 196 Å². The molecule has 3 aromatic rings. The van der Waals surface area contributed by atoms with Gasteiger partial charge in [0.15, 0.2) is 0 Å². The number of methoxy groups -OCH3 is 1. The van der Waals surface area contributed by atoms with Gasteiger partial charge in [0.2, 0.25) is 5.88 Å². The van der Waals surface area contributed by atoms with Crippen LogP contribution >= 0.6 is 0 Å². The van der Waals surface area contributed by atoms with Crippen molar-refractivity contribution in [3.8, 4) is 11.6 Å². The number of likely N-dealkylation sites (tertiary alicyclic amines) is 1. The van der Waals surface area contributed by atoms with E-state index in [9.17, 15) is 0 Å². The van der Waals surface area contributed by atoms with E-state index in [0.717, 1.165) is 23.6 Å². The van der Waals surface area contributed by atoms with Crippen molar-refractivity contribution in [2.75, 3.05) is 26.8 Å². The number of hydrogen-bond acceptors (Lipinski definition) is 5. The molecule has 1 saturated heterocycles. The third-order valence-corrected chi connectivity index (χ3v) is 7.02. The Bertz CT molecular complexity index is 1020. The van der Waals surface area contributed by atoms with Gasteiger partial charge in [0, 0.05) is 24.6 Å². The van der Waals surface area contributed by atoms with E-state index in [-0.39, 0.29) is 0 Å². The number of aromatic nitrogens is 2. The molecule has 0 amide bonds. The van der Waals surface area contributed by atoms with Crippen LogP contribution in [-0.4, -0.2) is 41.9 Å². The maximum atomic E-state index is 5.93. The van der Waals surface area contributed by atoms with Crippen LogP contribution in [-0.2, 0) is 13.0 Å². The van der Waals surface area contributed by atoms with Crippen LogP contribution in [0.1, 0.15) is 54.0 Å². The third-order valence-electron chi connectivity index (χ3n) is 7.02. The summed E-state index contributed by atoms with van der Waals surface area (Å²) in [5.41, 5.74) is 4.92. The number of rotatable bonds is 9. The number of hydrogen-bond donors (Lipinski definition) is 0. The Morgan fingerprint density at radius 2 is 1.70 bits per heavy atom. The highest BCUT2D eigenvalue weighted by molar-refractivity contribution is 5.36. The maximum Gasteiger partial charge on any atom is 0.233 e. The fraction of sp³-hybridized carbons (Fsp3) is 0.429. The predicted molar refractivity (Wildman–Crippen MR) is 130 cm³/mol. The van der Waals surface area contributed by atoms with Crippen molar-refractivity contribution in [3.63, 3.8) is 0 Å². The highest BCUT2D eigenvalue weighted by Crippen LogP contribution is 2.41. The van der Waals surface area contributed by atoms with Gasteiger partial charge in [0.1, 0.15) is 5.75 Å². The van der Waals surface area contributed by atoms with Crippen molar-refractivity contribution < 1.29 is 9.47 Å². The van der Waals surface area contributed by atoms with Gasteiger partial charge >= 0.3 is 0 Å². The zero-order valence-corrected chi connectivity index (χ0v) is 19.5. The van der Waals surface area contributed by atoms with Gasteiger partial charge in [-0.15, -0.1) is 5.10 Å². The van der Waals surface area contributed by atoms with Crippen molar-refractivity contribution >= 4 is 0 Å². The van der Waals surface area contributed by atoms with E-state index in [1.807, 2.05) is 30.3 Å². The molecule has 0 N–H and O–H groups in total. The van der Waals surface area contributed by atoms with Crippen LogP contribution in [0.15, 0.2) is 60.7 Å². The summed E-state index contributed by atoms with van der Waals surface area (Å²) in [6.45, 7) is 4.31. The molecule has 1 aliphatic carbocycles. The lowest BCUT2D eigenvalue weighted by molar-refractivity contribution is 0.153. The molecular weight excluding hydrogens is 410 g/mol. The summed E-state index contributed by atoms with van der Waals surface area (Å²) in [6.07, 6.45) is 5.76. The van der Waals surface area contributed by atoms with Gasteiger partial charge in [-0.1, -0.05) is 42.5 Å². The van der Waals surface area contributed by atoms with E-state index in [1.54, 1.807) is 7.11 Å². The molecule has 0 unspecified atom stereocenters. The number of ether oxygens (including phenoxy) is 2. The molecule has 0 spiro atoms. The Kier molecular flexibility index (Phi) is 6.87. The highest BCUT2D eigenvalue weighted by atomic mass is 16.5. The summed E-state index contributed by atoms with van der Waals surface area (Å²) in [6, 6.07) is 21.2. The molecular formula is C28H33N3O2. The van der Waals surface area contributed by atoms with Gasteiger partial charge in [-0.2, -0.15) is 5.10 Å². The molecule has 0 bridgehead atoms. The largest absolute Gasteiger partial charge is 0.496 e. The molecule has 0 radical (unpaired) electrons. The van der Waals surface area contributed by atoms with Crippen LogP contribution in [0.5, 0.6) is 11.6 Å². The molecule has 1 aromatic heterocycles. The second kappa shape index (κ2) is 10.3. The topological polar surface area (TPSA) is 47.5 Å². The lowest BCUT2D eigenvalue weighted by atomic mass is 9.72. The molecule has 5 rings (SSSR count). The van der Waals surface area contributed by atoms with Crippen LogP contribution < -0.4 is 9.47 Å². The van der Waals surface area contributed by atoms with Crippen molar-refractivity contribution in [1.29, 1.82) is 0 Å². The highest BCUT2D eigenvalue weighted by Gasteiger charge is 2.30. The molecule has 2 aliphatic rings. The average molecular weight is 444 g/mol. The van der Waals surface area contributed by atoms with Crippen LogP contribution in [0.25, 0.3) is 0 Å². The Morgan fingerprint density at radius 1 is 0.909 bits per heavy atom. The quantitative estimate of drug-likeness (QED) is 0.452. The number of benzene rings is 2. The molecule has 2 aromatic carbocycles. The molecule has 5 heteroatoms. The first-order chi connectivity index (χ1) is 16.3. The summed E-state index contributed by atoms with van der Waals surface area (Å²) >= 11 is 0. The number of para-hydroxylation sites is 1. The van der Waals surface area contributed by atoms with E-state index >= 15 is 0 Å². The van der Waals surface area contributed by atoms with Crippen molar-refractivity contribution in [2.24, 2.45) is 5.92 Å². The minimum absolute atomic E-state index is 0.592. The Balaban J connectivity index is 1.06. The number of nitrogens with zero attached hydrogens (tertiary/aromatic N) is 3. The van der Waals surface area contributed by atoms with E-state index in [4.69, 9.17) is 9.47 Å². The smallest absolute Gasteiger partial charge is 0.233 e. The van der Waals surface area contributed by atoms with E-state index in [1.165, 1.54) is 49.9 Å². The van der Waals surface area contributed by atoms with Gasteiger partial charge in [-0.05, 0) is 73.9 Å². The molecule has 33 heavy (non-hydrogen) atoms. The Hall–Kier alpha value is -2.92. The lowest BCUT2D eigenvalue weighted by Gasteiger charge is -2.35. The summed E-state index contributed by atoms with van der Waals surface area (Å²) in [5.74, 6) is 2.73. The van der Waals surface area contributed by atoms with Crippen LogP contribution in [0, 0.1) is 5.92 Å². The molecule has 1 saturated carbocycles. The minimum atomic E-state index is 0.592. The molecule has 172 valence electrons. The first kappa shape index (κ1) is 21.9. The zero-order valence-electron chi connectivity index (χ0n) is 19.5. The summed E-state index contributed by atoms with van der Waals surface area (Å²) in [4.78, 5) is 2.56. The zero-order chi connectivity index (χ0) is 22.5. The van der Waals surface area contributed by atoms with Gasteiger partial charge in [-0.25, -0.2) is 0 Å². The van der Waals surface area contributed by atoms with Crippen LogP contribution in [0.2, 0.25) is 0 Å². The second-order valence-electron chi connectivity index (χ2n) is 9.42. The normalized spacial score (nSPS) is 20.4. The maximum absolute atomic E-state index is 5.93. The van der Waals surface area contributed by atoms with E-state index in [0.29, 0.717) is 30.7 Å². The lowest BCUT2D eigenvalue weighted by Crippen LogP contribution is -2.27. The van der Waals surface area contributed by atoms with Crippen molar-refractivity contribution in [1.82, 2.24) is 15.1 Å². The fourth-order valence-electron chi connectivity index (χ4n) is 5.00. The molecule has 2 fully saturated rings. The third kappa shape index (κ3) is 5.53. The molecule has 2 heterocycles.